The molecule has 0 saturated heterocycles. The SMILES string of the molecule is CCC(CCOCC(C)C)C(C)=O. The van der Waals surface area contributed by atoms with Crippen molar-refractivity contribution in [1.82, 2.24) is 0 Å². The molecule has 0 aliphatic heterocycles. The molecule has 0 spiro atoms. The average molecular weight is 186 g/mol. The molecule has 0 amide bonds. The highest BCUT2D eigenvalue weighted by Crippen LogP contribution is 2.09. The summed E-state index contributed by atoms with van der Waals surface area (Å²) in [4.78, 5) is 11.0. The second-order valence-electron chi connectivity index (χ2n) is 3.97. The van der Waals surface area contributed by atoms with Gasteiger partial charge in [0.1, 0.15) is 5.78 Å². The number of Topliss-reactive ketones (excluding diaryl/α,β-unsaturated/α-hetero) is 1. The highest BCUT2D eigenvalue weighted by Gasteiger charge is 2.10. The van der Waals surface area contributed by atoms with Gasteiger partial charge in [0, 0.05) is 19.1 Å². The van der Waals surface area contributed by atoms with Gasteiger partial charge in [-0.2, -0.15) is 0 Å². The normalized spacial score (nSPS) is 13.3. The van der Waals surface area contributed by atoms with Crippen LogP contribution in [0.4, 0.5) is 0 Å². The number of ether oxygens (including phenoxy) is 1. The zero-order chi connectivity index (χ0) is 10.3. The van der Waals surface area contributed by atoms with Crippen molar-refractivity contribution in [1.29, 1.82) is 0 Å². The Hall–Kier alpha value is -0.370. The van der Waals surface area contributed by atoms with Gasteiger partial charge in [-0.1, -0.05) is 20.8 Å². The fraction of sp³-hybridized carbons (Fsp3) is 0.909. The zero-order valence-electron chi connectivity index (χ0n) is 9.30. The molecule has 0 rings (SSSR count). The summed E-state index contributed by atoms with van der Waals surface area (Å²) in [5, 5.41) is 0. The largest absolute Gasteiger partial charge is 0.381 e. The average Bonchev–Trinajstić information content (AvgIpc) is 2.03. The number of hydrogen-bond acceptors (Lipinski definition) is 2. The van der Waals surface area contributed by atoms with E-state index in [1.165, 1.54) is 0 Å². The van der Waals surface area contributed by atoms with Crippen LogP contribution in [0.2, 0.25) is 0 Å². The van der Waals surface area contributed by atoms with Gasteiger partial charge in [-0.25, -0.2) is 0 Å². The van der Waals surface area contributed by atoms with E-state index in [9.17, 15) is 4.79 Å². The van der Waals surface area contributed by atoms with E-state index in [-0.39, 0.29) is 11.7 Å². The van der Waals surface area contributed by atoms with Gasteiger partial charge in [-0.15, -0.1) is 0 Å². The van der Waals surface area contributed by atoms with Crippen molar-refractivity contribution in [2.75, 3.05) is 13.2 Å². The predicted octanol–water partition coefficient (Wildman–Crippen LogP) is 2.66. The molecule has 0 aliphatic carbocycles. The second kappa shape index (κ2) is 7.07. The Bertz CT molecular complexity index is 141. The predicted molar refractivity (Wildman–Crippen MR) is 54.7 cm³/mol. The van der Waals surface area contributed by atoms with Crippen molar-refractivity contribution < 1.29 is 9.53 Å². The van der Waals surface area contributed by atoms with Crippen LogP contribution in [-0.2, 0) is 9.53 Å². The molecule has 0 saturated carbocycles. The van der Waals surface area contributed by atoms with Gasteiger partial charge >= 0.3 is 0 Å². The molecule has 0 radical (unpaired) electrons. The molecule has 0 aliphatic rings. The van der Waals surface area contributed by atoms with Crippen LogP contribution < -0.4 is 0 Å². The summed E-state index contributed by atoms with van der Waals surface area (Å²) < 4.78 is 5.43. The summed E-state index contributed by atoms with van der Waals surface area (Å²) in [6.45, 7) is 9.49. The lowest BCUT2D eigenvalue weighted by Gasteiger charge is -2.12. The summed E-state index contributed by atoms with van der Waals surface area (Å²) >= 11 is 0. The third kappa shape index (κ3) is 6.76. The molecule has 0 aromatic rings. The topological polar surface area (TPSA) is 26.3 Å². The summed E-state index contributed by atoms with van der Waals surface area (Å²) in [5.41, 5.74) is 0. The molecule has 0 N–H and O–H groups in total. The maximum atomic E-state index is 11.0. The third-order valence-electron chi connectivity index (χ3n) is 2.13. The second-order valence-corrected chi connectivity index (χ2v) is 3.97. The Kier molecular flexibility index (Phi) is 6.87. The number of rotatable bonds is 7. The first-order valence-corrected chi connectivity index (χ1v) is 5.16. The van der Waals surface area contributed by atoms with Crippen LogP contribution in [0.25, 0.3) is 0 Å². The fourth-order valence-corrected chi connectivity index (χ4v) is 1.24. The van der Waals surface area contributed by atoms with E-state index in [2.05, 4.69) is 20.8 Å². The van der Waals surface area contributed by atoms with Crippen molar-refractivity contribution in [3.8, 4) is 0 Å². The Labute approximate surface area is 81.7 Å². The third-order valence-corrected chi connectivity index (χ3v) is 2.13. The molecule has 0 heterocycles. The van der Waals surface area contributed by atoms with E-state index in [0.29, 0.717) is 5.92 Å². The molecule has 78 valence electrons. The lowest BCUT2D eigenvalue weighted by Crippen LogP contribution is -2.13. The molecule has 1 unspecified atom stereocenters. The van der Waals surface area contributed by atoms with Gasteiger partial charge in [0.25, 0.3) is 0 Å². The fourth-order valence-electron chi connectivity index (χ4n) is 1.24. The summed E-state index contributed by atoms with van der Waals surface area (Å²) in [7, 11) is 0. The number of ketones is 1. The minimum Gasteiger partial charge on any atom is -0.381 e. The molecule has 0 bridgehead atoms. The van der Waals surface area contributed by atoms with Gasteiger partial charge in [-0.3, -0.25) is 4.79 Å². The molecule has 13 heavy (non-hydrogen) atoms. The lowest BCUT2D eigenvalue weighted by molar-refractivity contribution is -0.121. The lowest BCUT2D eigenvalue weighted by atomic mass is 9.99. The van der Waals surface area contributed by atoms with Crippen molar-refractivity contribution >= 4 is 5.78 Å². The van der Waals surface area contributed by atoms with Gasteiger partial charge < -0.3 is 4.74 Å². The van der Waals surface area contributed by atoms with Crippen molar-refractivity contribution in [2.24, 2.45) is 11.8 Å². The van der Waals surface area contributed by atoms with E-state index >= 15 is 0 Å². The highest BCUT2D eigenvalue weighted by molar-refractivity contribution is 5.78. The Balaban J connectivity index is 3.44. The van der Waals surface area contributed by atoms with E-state index in [0.717, 1.165) is 26.1 Å². The summed E-state index contributed by atoms with van der Waals surface area (Å²) in [5.74, 6) is 1.07. The molecule has 0 aromatic heterocycles. The van der Waals surface area contributed by atoms with E-state index in [4.69, 9.17) is 4.74 Å². The van der Waals surface area contributed by atoms with Crippen molar-refractivity contribution in [3.63, 3.8) is 0 Å². The van der Waals surface area contributed by atoms with Crippen molar-refractivity contribution in [3.05, 3.63) is 0 Å². The number of carbonyl (C=O) groups excluding carboxylic acids is 1. The molecule has 0 aromatic carbocycles. The highest BCUT2D eigenvalue weighted by atomic mass is 16.5. The van der Waals surface area contributed by atoms with E-state index in [1.54, 1.807) is 6.92 Å². The van der Waals surface area contributed by atoms with Crippen LogP contribution in [0.1, 0.15) is 40.5 Å². The van der Waals surface area contributed by atoms with Gasteiger partial charge in [0.05, 0.1) is 0 Å². The van der Waals surface area contributed by atoms with Crippen molar-refractivity contribution in [2.45, 2.75) is 40.5 Å². The summed E-state index contributed by atoms with van der Waals surface area (Å²) in [6.07, 6.45) is 1.80. The van der Waals surface area contributed by atoms with Crippen LogP contribution in [0.3, 0.4) is 0 Å². The molecule has 2 heteroatoms. The van der Waals surface area contributed by atoms with Crippen LogP contribution in [0, 0.1) is 11.8 Å². The van der Waals surface area contributed by atoms with Crippen LogP contribution in [0.5, 0.6) is 0 Å². The van der Waals surface area contributed by atoms with Crippen LogP contribution >= 0.6 is 0 Å². The standard InChI is InChI=1S/C11H22O2/c1-5-11(10(4)12)6-7-13-8-9(2)3/h9,11H,5-8H2,1-4H3. The molecular formula is C11H22O2. The Morgan fingerprint density at radius 1 is 1.38 bits per heavy atom. The first kappa shape index (κ1) is 12.6. The molecule has 2 nitrogen and oxygen atoms in total. The van der Waals surface area contributed by atoms with Gasteiger partial charge in [0.2, 0.25) is 0 Å². The number of carbonyl (C=O) groups is 1. The Morgan fingerprint density at radius 2 is 2.00 bits per heavy atom. The van der Waals surface area contributed by atoms with Crippen LogP contribution in [0.15, 0.2) is 0 Å². The first-order chi connectivity index (χ1) is 6.07. The van der Waals surface area contributed by atoms with E-state index < -0.39 is 0 Å². The minimum atomic E-state index is 0.201. The van der Waals surface area contributed by atoms with Crippen LogP contribution in [-0.4, -0.2) is 19.0 Å². The molecular weight excluding hydrogens is 164 g/mol. The first-order valence-electron chi connectivity index (χ1n) is 5.16. The molecule has 1 atom stereocenters. The maximum Gasteiger partial charge on any atom is 0.132 e. The molecule has 0 fully saturated rings. The Morgan fingerprint density at radius 3 is 2.38 bits per heavy atom. The smallest absolute Gasteiger partial charge is 0.132 e. The van der Waals surface area contributed by atoms with Gasteiger partial charge in [-0.05, 0) is 25.7 Å². The monoisotopic (exact) mass is 186 g/mol. The van der Waals surface area contributed by atoms with E-state index in [1.807, 2.05) is 0 Å². The van der Waals surface area contributed by atoms with Gasteiger partial charge in [0.15, 0.2) is 0 Å². The minimum absolute atomic E-state index is 0.201. The summed E-state index contributed by atoms with van der Waals surface area (Å²) in [6, 6.07) is 0. The zero-order valence-corrected chi connectivity index (χ0v) is 9.30. The quantitative estimate of drug-likeness (QED) is 0.571. The number of hydrogen-bond donors (Lipinski definition) is 0. The maximum absolute atomic E-state index is 11.0.